The number of fused-ring (bicyclic) bond motifs is 1. The Morgan fingerprint density at radius 3 is 2.46 bits per heavy atom. The molecule has 0 aliphatic carbocycles. The van der Waals surface area contributed by atoms with Crippen molar-refractivity contribution in [3.8, 4) is 0 Å². The van der Waals surface area contributed by atoms with Crippen molar-refractivity contribution in [2.24, 2.45) is 0 Å². The molecule has 4 rings (SSSR count). The van der Waals surface area contributed by atoms with E-state index in [0.29, 0.717) is 12.1 Å². The minimum Gasteiger partial charge on any atom is -0.444 e. The maximum atomic E-state index is 13.0. The summed E-state index contributed by atoms with van der Waals surface area (Å²) in [5.74, 6) is 1.56. The number of halogens is 3. The number of hydrogen-bond acceptors (Lipinski definition) is 5. The van der Waals surface area contributed by atoms with Crippen LogP contribution in [0.3, 0.4) is 0 Å². The summed E-state index contributed by atoms with van der Waals surface area (Å²) in [5.41, 5.74) is 1.52. The van der Waals surface area contributed by atoms with Gasteiger partial charge in [0, 0.05) is 43.4 Å². The average Bonchev–Trinajstić information content (AvgIpc) is 2.98. The number of aryl methyl sites for hydroxylation is 2. The highest BCUT2D eigenvalue weighted by atomic mass is 19.4. The molecule has 28 heavy (non-hydrogen) atoms. The Balaban J connectivity index is 1.49. The monoisotopic (exact) mass is 390 g/mol. The number of hydrogen-bond donors (Lipinski definition) is 0. The minimum atomic E-state index is -4.37. The molecule has 0 N–H and O–H groups in total. The van der Waals surface area contributed by atoms with Gasteiger partial charge in [-0.25, -0.2) is 4.98 Å². The molecule has 0 spiro atoms. The Bertz CT molecular complexity index is 971. The predicted molar refractivity (Wildman–Crippen MR) is 100 cm³/mol. The zero-order chi connectivity index (χ0) is 19.9. The van der Waals surface area contributed by atoms with Crippen LogP contribution in [0.1, 0.15) is 22.9 Å². The zero-order valence-corrected chi connectivity index (χ0v) is 15.8. The van der Waals surface area contributed by atoms with Gasteiger partial charge in [-0.05, 0) is 32.0 Å². The zero-order valence-electron chi connectivity index (χ0n) is 15.8. The fraction of sp³-hybridized carbons (Fsp3) is 0.400. The van der Waals surface area contributed by atoms with Crippen molar-refractivity contribution in [3.05, 3.63) is 53.4 Å². The molecule has 0 atom stereocenters. The van der Waals surface area contributed by atoms with Crippen molar-refractivity contribution < 1.29 is 17.6 Å². The van der Waals surface area contributed by atoms with Crippen molar-refractivity contribution in [3.63, 3.8) is 0 Å². The van der Waals surface area contributed by atoms with Crippen LogP contribution in [0, 0.1) is 13.8 Å². The van der Waals surface area contributed by atoms with Gasteiger partial charge in [0.05, 0.1) is 23.3 Å². The standard InChI is InChI=1S/C20H21F3N4O/c1-13-14(2)28-19(25-13)12-26-7-9-27(10-8-26)18-5-6-24-17-11-15(20(21,22)23)3-4-16(17)18/h3-6,11H,7-10,12H2,1-2H3. The van der Waals surface area contributed by atoms with Crippen LogP contribution in [0.15, 0.2) is 34.9 Å². The van der Waals surface area contributed by atoms with Gasteiger partial charge in [-0.1, -0.05) is 6.07 Å². The molecule has 148 valence electrons. The van der Waals surface area contributed by atoms with Crippen LogP contribution in [0.5, 0.6) is 0 Å². The highest BCUT2D eigenvalue weighted by molar-refractivity contribution is 5.92. The van der Waals surface area contributed by atoms with Crippen LogP contribution >= 0.6 is 0 Å². The third kappa shape index (κ3) is 3.69. The van der Waals surface area contributed by atoms with Crippen molar-refractivity contribution in [2.75, 3.05) is 31.1 Å². The SMILES string of the molecule is Cc1nc(CN2CCN(c3ccnc4cc(C(F)(F)F)ccc34)CC2)oc1C. The molecule has 1 aromatic carbocycles. The van der Waals surface area contributed by atoms with Crippen molar-refractivity contribution in [1.29, 1.82) is 0 Å². The van der Waals surface area contributed by atoms with Gasteiger partial charge in [0.2, 0.25) is 5.89 Å². The first-order valence-electron chi connectivity index (χ1n) is 9.17. The lowest BCUT2D eigenvalue weighted by Gasteiger charge is -2.36. The first-order valence-corrected chi connectivity index (χ1v) is 9.17. The molecule has 0 unspecified atom stereocenters. The maximum Gasteiger partial charge on any atom is 0.416 e. The number of nitrogens with zero attached hydrogens (tertiary/aromatic N) is 4. The predicted octanol–water partition coefficient (Wildman–Crippen LogP) is 4.18. The number of oxazole rings is 1. The quantitative estimate of drug-likeness (QED) is 0.671. The molecule has 3 aromatic rings. The summed E-state index contributed by atoms with van der Waals surface area (Å²) in [6, 6.07) is 5.62. The molecule has 1 aliphatic heterocycles. The second kappa shape index (κ2) is 7.09. The van der Waals surface area contributed by atoms with E-state index in [0.717, 1.165) is 66.7 Å². The van der Waals surface area contributed by atoms with Gasteiger partial charge >= 0.3 is 6.18 Å². The van der Waals surface area contributed by atoms with Crippen molar-refractivity contribution in [1.82, 2.24) is 14.9 Å². The molecule has 0 saturated carbocycles. The summed E-state index contributed by atoms with van der Waals surface area (Å²) < 4.78 is 44.5. The molecule has 5 nitrogen and oxygen atoms in total. The van der Waals surface area contributed by atoms with Gasteiger partial charge < -0.3 is 9.32 Å². The number of rotatable bonds is 3. The summed E-state index contributed by atoms with van der Waals surface area (Å²) in [6.07, 6.45) is -2.80. The van der Waals surface area contributed by atoms with Crippen LogP contribution < -0.4 is 4.90 Å². The summed E-state index contributed by atoms with van der Waals surface area (Å²) >= 11 is 0. The summed E-state index contributed by atoms with van der Waals surface area (Å²) in [4.78, 5) is 13.0. The third-order valence-electron chi connectivity index (χ3n) is 5.19. The number of pyridine rings is 1. The first kappa shape index (κ1) is 18.7. The van der Waals surface area contributed by atoms with Crippen LogP contribution in [0.25, 0.3) is 10.9 Å². The Morgan fingerprint density at radius 1 is 1.07 bits per heavy atom. The minimum absolute atomic E-state index is 0.362. The molecular formula is C20H21F3N4O. The second-order valence-corrected chi connectivity index (χ2v) is 7.07. The molecule has 0 amide bonds. The highest BCUT2D eigenvalue weighted by Crippen LogP contribution is 2.33. The number of benzene rings is 1. The van der Waals surface area contributed by atoms with E-state index in [1.807, 2.05) is 19.9 Å². The van der Waals surface area contributed by atoms with Gasteiger partial charge in [0.15, 0.2) is 0 Å². The topological polar surface area (TPSA) is 45.4 Å². The molecular weight excluding hydrogens is 369 g/mol. The van der Waals surface area contributed by atoms with E-state index in [1.165, 1.54) is 6.07 Å². The van der Waals surface area contributed by atoms with Gasteiger partial charge in [0.25, 0.3) is 0 Å². The lowest BCUT2D eigenvalue weighted by Crippen LogP contribution is -2.46. The number of piperazine rings is 1. The lowest BCUT2D eigenvalue weighted by atomic mass is 10.1. The van der Waals surface area contributed by atoms with Crippen LogP contribution in [-0.2, 0) is 12.7 Å². The van der Waals surface area contributed by atoms with Gasteiger partial charge in [0.1, 0.15) is 5.76 Å². The highest BCUT2D eigenvalue weighted by Gasteiger charge is 2.31. The van der Waals surface area contributed by atoms with Gasteiger partial charge in [-0.15, -0.1) is 0 Å². The summed E-state index contributed by atoms with van der Waals surface area (Å²) in [5, 5.41) is 0.739. The summed E-state index contributed by atoms with van der Waals surface area (Å²) in [6.45, 7) is 7.70. The van der Waals surface area contributed by atoms with E-state index < -0.39 is 11.7 Å². The molecule has 1 fully saturated rings. The van der Waals surface area contributed by atoms with E-state index in [4.69, 9.17) is 4.42 Å². The smallest absolute Gasteiger partial charge is 0.416 e. The Morgan fingerprint density at radius 2 is 1.82 bits per heavy atom. The van der Waals surface area contributed by atoms with E-state index in [2.05, 4.69) is 19.8 Å². The molecule has 1 aliphatic rings. The first-order chi connectivity index (χ1) is 13.3. The molecule has 0 radical (unpaired) electrons. The molecule has 2 aromatic heterocycles. The Hall–Kier alpha value is -2.61. The van der Waals surface area contributed by atoms with Gasteiger partial charge in [-0.3, -0.25) is 9.88 Å². The normalized spacial score (nSPS) is 16.1. The fourth-order valence-corrected chi connectivity index (χ4v) is 3.53. The average molecular weight is 390 g/mol. The van der Waals surface area contributed by atoms with Crippen molar-refractivity contribution >= 4 is 16.6 Å². The second-order valence-electron chi connectivity index (χ2n) is 7.07. The van der Waals surface area contributed by atoms with E-state index in [9.17, 15) is 13.2 Å². The molecule has 3 heterocycles. The van der Waals surface area contributed by atoms with E-state index in [1.54, 1.807) is 6.20 Å². The number of aromatic nitrogens is 2. The van der Waals surface area contributed by atoms with Crippen molar-refractivity contribution in [2.45, 2.75) is 26.6 Å². The largest absolute Gasteiger partial charge is 0.444 e. The van der Waals surface area contributed by atoms with Crippen LogP contribution in [0.4, 0.5) is 18.9 Å². The van der Waals surface area contributed by atoms with E-state index >= 15 is 0 Å². The Kier molecular flexibility index (Phi) is 4.74. The van der Waals surface area contributed by atoms with Crippen LogP contribution in [-0.4, -0.2) is 41.0 Å². The fourth-order valence-electron chi connectivity index (χ4n) is 3.53. The van der Waals surface area contributed by atoms with Crippen LogP contribution in [0.2, 0.25) is 0 Å². The number of alkyl halides is 3. The third-order valence-corrected chi connectivity index (χ3v) is 5.19. The Labute approximate surface area is 160 Å². The molecule has 8 heteroatoms. The molecule has 0 bridgehead atoms. The number of anilines is 1. The summed E-state index contributed by atoms with van der Waals surface area (Å²) in [7, 11) is 0. The molecule has 1 saturated heterocycles. The maximum absolute atomic E-state index is 13.0. The van der Waals surface area contributed by atoms with Gasteiger partial charge in [-0.2, -0.15) is 13.2 Å². The van der Waals surface area contributed by atoms with E-state index in [-0.39, 0.29) is 0 Å². The lowest BCUT2D eigenvalue weighted by molar-refractivity contribution is -0.137.